The lowest BCUT2D eigenvalue weighted by atomic mass is 9.97. The number of piperidine rings is 1. The number of aromatic nitrogens is 3. The van der Waals surface area contributed by atoms with Crippen molar-refractivity contribution in [3.8, 4) is 28.8 Å². The largest absolute Gasteiger partial charge is 0.457 e. The molecular formula is C34H36FN7O3. The van der Waals surface area contributed by atoms with Crippen molar-refractivity contribution in [2.75, 3.05) is 45.1 Å². The van der Waals surface area contributed by atoms with Crippen LogP contribution in [0.2, 0.25) is 0 Å². The summed E-state index contributed by atoms with van der Waals surface area (Å²) in [5, 5.41) is 15.5. The standard InChI is InChI=1S/C34H36FN7O3/c1-34(2,41-13-15-44-16-14-41)18-23(19-36)33(43)40-12-6-7-24(22-40)42-30-21-38-20-29(37)31(30)32(39-42)27-11-10-26(17-28(27)35)45-25-8-4-3-5-9-25/h3-5,8-11,17-18,20-21,24H,6-7,12-16,22,37H2,1-2H3. The summed E-state index contributed by atoms with van der Waals surface area (Å²) in [7, 11) is 0. The lowest BCUT2D eigenvalue weighted by molar-refractivity contribution is -0.128. The molecule has 2 saturated heterocycles. The maximum absolute atomic E-state index is 15.6. The van der Waals surface area contributed by atoms with Crippen molar-refractivity contribution in [1.82, 2.24) is 24.6 Å². The normalized spacial score (nSPS) is 18.1. The number of benzene rings is 2. The van der Waals surface area contributed by atoms with Gasteiger partial charge in [0.2, 0.25) is 0 Å². The van der Waals surface area contributed by atoms with Gasteiger partial charge in [-0.2, -0.15) is 10.4 Å². The molecule has 10 nitrogen and oxygen atoms in total. The molecule has 2 fully saturated rings. The Bertz CT molecular complexity index is 1770. The highest BCUT2D eigenvalue weighted by atomic mass is 19.1. The fraction of sp³-hybridized carbons (Fsp3) is 0.353. The highest BCUT2D eigenvalue weighted by Crippen LogP contribution is 2.37. The number of nitrogens with two attached hydrogens (primary N) is 1. The van der Waals surface area contributed by atoms with Gasteiger partial charge in [-0.05, 0) is 57.0 Å². The van der Waals surface area contributed by atoms with Gasteiger partial charge in [0.05, 0.1) is 48.2 Å². The van der Waals surface area contributed by atoms with E-state index < -0.39 is 11.4 Å². The summed E-state index contributed by atoms with van der Waals surface area (Å²) in [5.41, 5.74) is 7.72. The predicted octanol–water partition coefficient (Wildman–Crippen LogP) is 5.34. The summed E-state index contributed by atoms with van der Waals surface area (Å²) in [6.07, 6.45) is 6.42. The number of morpholine rings is 1. The van der Waals surface area contributed by atoms with Crippen LogP contribution in [0.3, 0.4) is 0 Å². The molecule has 0 radical (unpaired) electrons. The van der Waals surface area contributed by atoms with Crippen LogP contribution in [0.15, 0.2) is 72.6 Å². The van der Waals surface area contributed by atoms with Gasteiger partial charge in [-0.3, -0.25) is 19.4 Å². The van der Waals surface area contributed by atoms with Crippen molar-refractivity contribution in [2.45, 2.75) is 38.3 Å². The lowest BCUT2D eigenvalue weighted by Crippen LogP contribution is -2.49. The molecule has 6 rings (SSSR count). The smallest absolute Gasteiger partial charge is 0.264 e. The first-order chi connectivity index (χ1) is 21.7. The van der Waals surface area contributed by atoms with Crippen LogP contribution in [0.5, 0.6) is 11.5 Å². The minimum atomic E-state index is -0.502. The van der Waals surface area contributed by atoms with Crippen LogP contribution in [0, 0.1) is 17.1 Å². The minimum absolute atomic E-state index is 0.115. The van der Waals surface area contributed by atoms with E-state index in [1.165, 1.54) is 12.3 Å². The van der Waals surface area contributed by atoms with E-state index in [9.17, 15) is 10.1 Å². The number of anilines is 1. The number of hydrogen-bond acceptors (Lipinski definition) is 8. The Hall–Kier alpha value is -4.79. The Kier molecular flexibility index (Phi) is 8.52. The molecule has 0 aliphatic carbocycles. The number of para-hydroxylation sites is 1. The van der Waals surface area contributed by atoms with Gasteiger partial charge >= 0.3 is 0 Å². The molecule has 45 heavy (non-hydrogen) atoms. The Labute approximate surface area is 261 Å². The fourth-order valence-electron chi connectivity index (χ4n) is 6.19. The van der Waals surface area contributed by atoms with Crippen molar-refractivity contribution in [1.29, 1.82) is 5.26 Å². The topological polar surface area (TPSA) is 123 Å². The molecule has 2 aromatic heterocycles. The molecule has 1 amide bonds. The summed E-state index contributed by atoms with van der Waals surface area (Å²) < 4.78 is 28.7. The second-order valence-electron chi connectivity index (χ2n) is 11.9. The molecule has 1 unspecified atom stereocenters. The number of likely N-dealkylation sites (tertiary alicyclic amines) is 1. The third-order valence-corrected chi connectivity index (χ3v) is 8.53. The zero-order valence-corrected chi connectivity index (χ0v) is 25.4. The second-order valence-corrected chi connectivity index (χ2v) is 11.9. The molecule has 2 aliphatic heterocycles. The number of amides is 1. The predicted molar refractivity (Wildman–Crippen MR) is 169 cm³/mol. The highest BCUT2D eigenvalue weighted by molar-refractivity contribution is 6.01. The van der Waals surface area contributed by atoms with Gasteiger partial charge in [-0.25, -0.2) is 4.39 Å². The third kappa shape index (κ3) is 6.25. The summed E-state index contributed by atoms with van der Waals surface area (Å²) in [6.45, 7) is 7.59. The van der Waals surface area contributed by atoms with Crippen molar-refractivity contribution < 1.29 is 18.7 Å². The van der Waals surface area contributed by atoms with Crippen molar-refractivity contribution in [3.05, 3.63) is 78.4 Å². The molecule has 2 aliphatic rings. The van der Waals surface area contributed by atoms with Crippen LogP contribution in [0.1, 0.15) is 32.7 Å². The lowest BCUT2D eigenvalue weighted by Gasteiger charge is -2.39. The van der Waals surface area contributed by atoms with Gasteiger partial charge in [0.1, 0.15) is 34.7 Å². The van der Waals surface area contributed by atoms with Gasteiger partial charge in [-0.15, -0.1) is 0 Å². The van der Waals surface area contributed by atoms with Crippen LogP contribution in [0.25, 0.3) is 22.2 Å². The molecule has 11 heteroatoms. The van der Waals surface area contributed by atoms with Gasteiger partial charge < -0.3 is 20.1 Å². The summed E-state index contributed by atoms with van der Waals surface area (Å²) in [5.74, 6) is 0.154. The molecule has 1 atom stereocenters. The van der Waals surface area contributed by atoms with E-state index >= 15 is 4.39 Å². The van der Waals surface area contributed by atoms with E-state index in [1.807, 2.05) is 32.0 Å². The maximum Gasteiger partial charge on any atom is 0.264 e. The number of rotatable bonds is 7. The summed E-state index contributed by atoms with van der Waals surface area (Å²) >= 11 is 0. The van der Waals surface area contributed by atoms with E-state index in [-0.39, 0.29) is 23.1 Å². The number of pyridine rings is 1. The SMILES string of the molecule is CC(C)(C=C(C#N)C(=O)N1CCCC(n2nc(-c3ccc(Oc4ccccc4)cc3F)c3c(N)cncc32)C1)N1CCOCC1. The monoisotopic (exact) mass is 609 g/mol. The zero-order chi connectivity index (χ0) is 31.6. The Morgan fingerprint density at radius 3 is 2.64 bits per heavy atom. The Morgan fingerprint density at radius 2 is 1.91 bits per heavy atom. The van der Waals surface area contributed by atoms with Crippen LogP contribution in [-0.4, -0.2) is 75.4 Å². The fourth-order valence-corrected chi connectivity index (χ4v) is 6.19. The number of nitrogen functional groups attached to an aromatic ring is 1. The molecule has 0 spiro atoms. The number of fused-ring (bicyclic) bond motifs is 1. The maximum atomic E-state index is 15.6. The molecule has 4 aromatic rings. The van der Waals surface area contributed by atoms with Crippen molar-refractivity contribution in [3.63, 3.8) is 0 Å². The third-order valence-electron chi connectivity index (χ3n) is 8.53. The number of carbonyl (C=O) groups excluding carboxylic acids is 1. The number of halogens is 1. The number of nitriles is 1. The summed E-state index contributed by atoms with van der Waals surface area (Å²) in [6, 6.07) is 15.8. The first kappa shape index (κ1) is 30.2. The molecule has 0 saturated carbocycles. The van der Waals surface area contributed by atoms with Crippen molar-refractivity contribution >= 4 is 22.5 Å². The number of carbonyl (C=O) groups is 1. The minimum Gasteiger partial charge on any atom is -0.457 e. The Morgan fingerprint density at radius 1 is 1.13 bits per heavy atom. The molecule has 2 N–H and O–H groups in total. The van der Waals surface area contributed by atoms with E-state index in [0.29, 0.717) is 66.5 Å². The van der Waals surface area contributed by atoms with E-state index in [1.54, 1.807) is 46.1 Å². The van der Waals surface area contributed by atoms with Crippen molar-refractivity contribution in [2.24, 2.45) is 0 Å². The van der Waals surface area contributed by atoms with E-state index in [4.69, 9.17) is 20.3 Å². The molecule has 0 bridgehead atoms. The second kappa shape index (κ2) is 12.7. The number of hydrogen-bond donors (Lipinski definition) is 1. The number of nitrogens with zero attached hydrogens (tertiary/aromatic N) is 6. The van der Waals surface area contributed by atoms with Gasteiger partial charge in [-0.1, -0.05) is 18.2 Å². The van der Waals surface area contributed by atoms with Crippen LogP contribution >= 0.6 is 0 Å². The summed E-state index contributed by atoms with van der Waals surface area (Å²) in [4.78, 5) is 21.9. The van der Waals surface area contributed by atoms with Gasteiger partial charge in [0.15, 0.2) is 0 Å². The first-order valence-electron chi connectivity index (χ1n) is 15.1. The van der Waals surface area contributed by atoms with E-state index in [0.717, 1.165) is 19.5 Å². The highest BCUT2D eigenvalue weighted by Gasteiger charge is 2.32. The van der Waals surface area contributed by atoms with Crippen LogP contribution < -0.4 is 10.5 Å². The van der Waals surface area contributed by atoms with Crippen LogP contribution in [0.4, 0.5) is 10.1 Å². The average molecular weight is 610 g/mol. The van der Waals surface area contributed by atoms with Gasteiger partial charge in [0, 0.05) is 43.3 Å². The average Bonchev–Trinajstić information content (AvgIpc) is 3.45. The molecular weight excluding hydrogens is 573 g/mol. The number of ether oxygens (including phenoxy) is 2. The zero-order valence-electron chi connectivity index (χ0n) is 25.4. The Balaban J connectivity index is 1.28. The van der Waals surface area contributed by atoms with Crippen LogP contribution in [-0.2, 0) is 9.53 Å². The first-order valence-corrected chi connectivity index (χ1v) is 15.1. The molecule has 2 aromatic carbocycles. The van der Waals surface area contributed by atoms with E-state index in [2.05, 4.69) is 16.0 Å². The quantitative estimate of drug-likeness (QED) is 0.220. The van der Waals surface area contributed by atoms with Gasteiger partial charge in [0.25, 0.3) is 5.91 Å². The molecule has 4 heterocycles. The molecule has 232 valence electrons.